The van der Waals surface area contributed by atoms with Crippen molar-refractivity contribution in [2.24, 2.45) is 16.7 Å². The van der Waals surface area contributed by atoms with Crippen LogP contribution in [0, 0.1) is 16.7 Å². The summed E-state index contributed by atoms with van der Waals surface area (Å²) in [6.07, 6.45) is 11.1. The number of hydrogen-bond acceptors (Lipinski definition) is 3. The largest absolute Gasteiger partial charge is 0.347 e. The fourth-order valence-electron chi connectivity index (χ4n) is 7.05. The van der Waals surface area contributed by atoms with E-state index in [0.717, 1.165) is 31.0 Å². The average molecular weight is 385 g/mol. The van der Waals surface area contributed by atoms with Crippen molar-refractivity contribution in [2.45, 2.75) is 97.2 Å². The third-order valence-corrected chi connectivity index (χ3v) is 8.64. The van der Waals surface area contributed by atoms with E-state index in [2.05, 4.69) is 36.1 Å². The van der Waals surface area contributed by atoms with Crippen molar-refractivity contribution < 1.29 is 4.79 Å². The zero-order valence-corrected chi connectivity index (χ0v) is 17.8. The molecule has 1 aromatic heterocycles. The molecule has 1 amide bonds. The summed E-state index contributed by atoms with van der Waals surface area (Å²) in [5.74, 6) is 0.791. The Labute approximate surface area is 169 Å². The van der Waals surface area contributed by atoms with Crippen LogP contribution in [0.15, 0.2) is 0 Å². The molecule has 5 nitrogen and oxygen atoms in total. The molecule has 0 spiro atoms. The summed E-state index contributed by atoms with van der Waals surface area (Å²) in [5, 5.41) is 11.9. The molecule has 0 saturated heterocycles. The normalized spacial score (nSPS) is 34.4. The van der Waals surface area contributed by atoms with Crippen molar-refractivity contribution in [3.63, 3.8) is 0 Å². The third-order valence-electron chi connectivity index (χ3n) is 8.64. The highest BCUT2D eigenvalue weighted by Crippen LogP contribution is 2.62. The number of nitrogens with zero attached hydrogens (tertiary/aromatic N) is 2. The molecule has 4 aliphatic rings. The quantitative estimate of drug-likeness (QED) is 0.829. The maximum atomic E-state index is 13.5. The minimum atomic E-state index is 0.0568. The third kappa shape index (κ3) is 2.76. The lowest BCUT2D eigenvalue weighted by molar-refractivity contribution is 0.0731. The molecule has 0 aromatic carbocycles. The van der Waals surface area contributed by atoms with Gasteiger partial charge in [-0.2, -0.15) is 5.10 Å². The topological polar surface area (TPSA) is 59.0 Å². The summed E-state index contributed by atoms with van der Waals surface area (Å²) in [5.41, 5.74) is 3.57. The number of rotatable bonds is 3. The predicted octanol–water partition coefficient (Wildman–Crippen LogP) is 3.98. The van der Waals surface area contributed by atoms with E-state index in [4.69, 9.17) is 5.10 Å². The standard InChI is InChI=1S/C23H36N4O/c1-22(2)15-9-11-23(3,13-15)21(22)25-20(28)19-17-14-24-12-10-18(17)27(26-19)16-7-5-4-6-8-16/h15-16,21,24H,4-14H2,1-3H3,(H,25,28). The first-order valence-corrected chi connectivity index (χ1v) is 11.5. The molecule has 3 aliphatic carbocycles. The fourth-order valence-corrected chi connectivity index (χ4v) is 7.05. The Kier molecular flexibility index (Phi) is 4.38. The van der Waals surface area contributed by atoms with E-state index >= 15 is 0 Å². The van der Waals surface area contributed by atoms with Gasteiger partial charge in [0.05, 0.1) is 6.04 Å². The fraction of sp³-hybridized carbons (Fsp3) is 0.826. The van der Waals surface area contributed by atoms with Gasteiger partial charge >= 0.3 is 0 Å². The van der Waals surface area contributed by atoms with Crippen LogP contribution in [0.5, 0.6) is 0 Å². The number of hydrogen-bond donors (Lipinski definition) is 2. The van der Waals surface area contributed by atoms with Gasteiger partial charge in [0.25, 0.3) is 5.91 Å². The Morgan fingerprint density at radius 1 is 1.18 bits per heavy atom. The lowest BCUT2D eigenvalue weighted by Crippen LogP contribution is -2.52. The van der Waals surface area contributed by atoms with Crippen LogP contribution in [0.3, 0.4) is 0 Å². The molecular weight excluding hydrogens is 348 g/mol. The van der Waals surface area contributed by atoms with E-state index in [0.29, 0.717) is 11.7 Å². The van der Waals surface area contributed by atoms with Crippen molar-refractivity contribution in [3.8, 4) is 0 Å². The van der Waals surface area contributed by atoms with Gasteiger partial charge in [-0.25, -0.2) is 0 Å². The summed E-state index contributed by atoms with van der Waals surface area (Å²) in [7, 11) is 0. The van der Waals surface area contributed by atoms with E-state index in [-0.39, 0.29) is 22.8 Å². The molecule has 3 saturated carbocycles. The summed E-state index contributed by atoms with van der Waals surface area (Å²) in [6, 6.07) is 0.733. The molecule has 3 atom stereocenters. The van der Waals surface area contributed by atoms with Crippen molar-refractivity contribution in [2.75, 3.05) is 6.54 Å². The van der Waals surface area contributed by atoms with Crippen LogP contribution in [0.2, 0.25) is 0 Å². The number of fused-ring (bicyclic) bond motifs is 3. The van der Waals surface area contributed by atoms with Crippen molar-refractivity contribution in [1.29, 1.82) is 0 Å². The molecule has 2 bridgehead atoms. The minimum Gasteiger partial charge on any atom is -0.347 e. The van der Waals surface area contributed by atoms with Gasteiger partial charge in [0.2, 0.25) is 0 Å². The lowest BCUT2D eigenvalue weighted by Gasteiger charge is -2.43. The van der Waals surface area contributed by atoms with E-state index in [1.807, 2.05) is 0 Å². The van der Waals surface area contributed by atoms with E-state index in [1.54, 1.807) is 0 Å². The van der Waals surface area contributed by atoms with Gasteiger partial charge in [-0.05, 0) is 48.9 Å². The highest BCUT2D eigenvalue weighted by atomic mass is 16.2. The molecule has 1 aromatic rings. The predicted molar refractivity (Wildman–Crippen MR) is 110 cm³/mol. The van der Waals surface area contributed by atoms with Gasteiger partial charge < -0.3 is 10.6 Å². The first kappa shape index (κ1) is 18.7. The van der Waals surface area contributed by atoms with Gasteiger partial charge in [-0.15, -0.1) is 0 Å². The van der Waals surface area contributed by atoms with E-state index in [9.17, 15) is 4.79 Å². The van der Waals surface area contributed by atoms with Crippen LogP contribution < -0.4 is 10.6 Å². The lowest BCUT2D eigenvalue weighted by atomic mass is 9.68. The number of carbonyl (C=O) groups is 1. The molecular formula is C23H36N4O. The molecule has 2 heterocycles. The summed E-state index contributed by atoms with van der Waals surface area (Å²) in [4.78, 5) is 13.5. The van der Waals surface area contributed by atoms with Crippen molar-refractivity contribution >= 4 is 5.91 Å². The van der Waals surface area contributed by atoms with Crippen LogP contribution in [-0.4, -0.2) is 28.3 Å². The Morgan fingerprint density at radius 2 is 1.96 bits per heavy atom. The Hall–Kier alpha value is -1.36. The minimum absolute atomic E-state index is 0.0568. The van der Waals surface area contributed by atoms with Crippen molar-refractivity contribution in [1.82, 2.24) is 20.4 Å². The number of nitrogens with one attached hydrogen (secondary N) is 2. The zero-order valence-electron chi connectivity index (χ0n) is 17.8. The van der Waals surface area contributed by atoms with Crippen LogP contribution >= 0.6 is 0 Å². The number of amides is 1. The van der Waals surface area contributed by atoms with Crippen LogP contribution in [-0.2, 0) is 13.0 Å². The van der Waals surface area contributed by atoms with E-state index in [1.165, 1.54) is 57.1 Å². The van der Waals surface area contributed by atoms with Gasteiger partial charge in [0.1, 0.15) is 0 Å². The van der Waals surface area contributed by atoms with Gasteiger partial charge in [-0.1, -0.05) is 40.0 Å². The van der Waals surface area contributed by atoms with Gasteiger partial charge in [0.15, 0.2) is 5.69 Å². The molecule has 3 fully saturated rings. The Balaban J connectivity index is 1.44. The molecule has 2 N–H and O–H groups in total. The summed E-state index contributed by atoms with van der Waals surface area (Å²) >= 11 is 0. The summed E-state index contributed by atoms with van der Waals surface area (Å²) in [6.45, 7) is 8.85. The zero-order chi connectivity index (χ0) is 19.5. The SMILES string of the molecule is CC12CCC(C1)C(C)(C)C2NC(=O)c1nn(C2CCCCC2)c2c1CNCC2. The molecule has 28 heavy (non-hydrogen) atoms. The highest BCUT2D eigenvalue weighted by molar-refractivity contribution is 5.94. The second kappa shape index (κ2) is 6.58. The molecule has 5 heteroatoms. The van der Waals surface area contributed by atoms with Crippen LogP contribution in [0.1, 0.15) is 99.9 Å². The van der Waals surface area contributed by atoms with Crippen LogP contribution in [0.4, 0.5) is 0 Å². The molecule has 5 rings (SSSR count). The van der Waals surface area contributed by atoms with Crippen molar-refractivity contribution in [3.05, 3.63) is 17.0 Å². The molecule has 0 radical (unpaired) electrons. The second-order valence-corrected chi connectivity index (χ2v) is 10.8. The highest BCUT2D eigenvalue weighted by Gasteiger charge is 2.59. The maximum absolute atomic E-state index is 13.5. The number of aromatic nitrogens is 2. The van der Waals surface area contributed by atoms with E-state index < -0.39 is 0 Å². The first-order chi connectivity index (χ1) is 13.4. The maximum Gasteiger partial charge on any atom is 0.272 e. The summed E-state index contributed by atoms with van der Waals surface area (Å²) < 4.78 is 2.25. The van der Waals surface area contributed by atoms with Gasteiger partial charge in [-0.3, -0.25) is 9.48 Å². The second-order valence-electron chi connectivity index (χ2n) is 10.8. The molecule has 1 aliphatic heterocycles. The first-order valence-electron chi connectivity index (χ1n) is 11.5. The Bertz CT molecular complexity index is 771. The molecule has 154 valence electrons. The smallest absolute Gasteiger partial charge is 0.272 e. The average Bonchev–Trinajstić information content (AvgIpc) is 3.33. The monoisotopic (exact) mass is 384 g/mol. The van der Waals surface area contributed by atoms with Gasteiger partial charge in [0, 0.05) is 36.8 Å². The number of carbonyl (C=O) groups excluding carboxylic acids is 1. The van der Waals surface area contributed by atoms with Crippen LogP contribution in [0.25, 0.3) is 0 Å². The Morgan fingerprint density at radius 3 is 2.68 bits per heavy atom. The molecule has 3 unspecified atom stereocenters.